The molecule has 142 valence electrons. The lowest BCUT2D eigenvalue weighted by molar-refractivity contribution is -0.153. The van der Waals surface area contributed by atoms with Crippen LogP contribution >= 0.6 is 11.3 Å². The van der Waals surface area contributed by atoms with Crippen LogP contribution in [0, 0.1) is 11.7 Å². The van der Waals surface area contributed by atoms with Gasteiger partial charge < -0.3 is 4.90 Å². The zero-order valence-electron chi connectivity index (χ0n) is 15.9. The molecule has 0 N–H and O–H groups in total. The predicted molar refractivity (Wildman–Crippen MR) is 107 cm³/mol. The molecule has 1 aliphatic rings. The third-order valence-electron chi connectivity index (χ3n) is 4.93. The minimum Gasteiger partial charge on any atom is -0.368 e. The van der Waals surface area contributed by atoms with Crippen LogP contribution in [0.5, 0.6) is 0 Å². The molecule has 2 heterocycles. The molecule has 0 unspecified atom stereocenters. The Morgan fingerprint density at radius 3 is 2.65 bits per heavy atom. The number of nitrogens with zero attached hydrogens (tertiary/aromatic N) is 3. The number of thiophene rings is 1. The Morgan fingerprint density at radius 1 is 1.27 bits per heavy atom. The predicted octanol–water partition coefficient (Wildman–Crippen LogP) is 4.36. The van der Waals surface area contributed by atoms with Crippen LogP contribution in [0.1, 0.15) is 33.6 Å². The molecule has 0 radical (unpaired) electrons. The zero-order valence-corrected chi connectivity index (χ0v) is 16.7. The number of benzene rings is 1. The average Bonchev–Trinajstić information content (AvgIpc) is 3.05. The van der Waals surface area contributed by atoms with Crippen molar-refractivity contribution in [3.63, 3.8) is 0 Å². The van der Waals surface area contributed by atoms with Crippen molar-refractivity contribution in [1.29, 1.82) is 0 Å². The first-order valence-electron chi connectivity index (χ1n) is 9.49. The van der Waals surface area contributed by atoms with Crippen molar-refractivity contribution in [1.82, 2.24) is 10.0 Å². The van der Waals surface area contributed by atoms with Crippen LogP contribution < -0.4 is 4.90 Å². The molecule has 0 atom stereocenters. The summed E-state index contributed by atoms with van der Waals surface area (Å²) in [6.45, 7) is 10.3. The topological polar surface area (TPSA) is 26.8 Å². The SMILES string of the molecule is CCCCN(C(=O)C(C)C)N1CCN(c2csc3cc(F)ccc23)CC1. The highest BCUT2D eigenvalue weighted by atomic mass is 32.1. The Bertz CT molecular complexity index is 753. The Labute approximate surface area is 159 Å². The highest BCUT2D eigenvalue weighted by molar-refractivity contribution is 7.17. The van der Waals surface area contributed by atoms with Crippen molar-refractivity contribution in [2.45, 2.75) is 33.6 Å². The molecular weight excluding hydrogens is 349 g/mol. The molecule has 4 nitrogen and oxygen atoms in total. The van der Waals surface area contributed by atoms with Crippen LogP contribution in [0.15, 0.2) is 23.6 Å². The van der Waals surface area contributed by atoms with E-state index in [0.717, 1.165) is 55.7 Å². The molecule has 1 amide bonds. The van der Waals surface area contributed by atoms with E-state index in [4.69, 9.17) is 0 Å². The van der Waals surface area contributed by atoms with Gasteiger partial charge in [0.05, 0.1) is 5.69 Å². The summed E-state index contributed by atoms with van der Waals surface area (Å²) in [6, 6.07) is 5.01. The van der Waals surface area contributed by atoms with E-state index in [2.05, 4.69) is 22.2 Å². The molecule has 0 saturated carbocycles. The second-order valence-corrected chi connectivity index (χ2v) is 8.08. The third-order valence-corrected chi connectivity index (χ3v) is 5.86. The number of halogens is 1. The van der Waals surface area contributed by atoms with Crippen molar-refractivity contribution >= 4 is 33.0 Å². The van der Waals surface area contributed by atoms with Gasteiger partial charge in [0.2, 0.25) is 5.91 Å². The number of anilines is 1. The van der Waals surface area contributed by atoms with E-state index >= 15 is 0 Å². The van der Waals surface area contributed by atoms with E-state index in [9.17, 15) is 9.18 Å². The van der Waals surface area contributed by atoms with Gasteiger partial charge in [-0.05, 0) is 24.6 Å². The van der Waals surface area contributed by atoms with Crippen molar-refractivity contribution < 1.29 is 9.18 Å². The number of amides is 1. The standard InChI is InChI=1S/C20H28FN3OS/c1-4-5-8-24(20(25)15(2)3)23-11-9-22(10-12-23)18-14-26-19-13-16(21)6-7-17(18)19/h6-7,13-15H,4-5,8-12H2,1-3H3. The number of hydrazine groups is 1. The summed E-state index contributed by atoms with van der Waals surface area (Å²) in [6.07, 6.45) is 2.11. The number of hydrogen-bond acceptors (Lipinski definition) is 4. The summed E-state index contributed by atoms with van der Waals surface area (Å²) in [4.78, 5) is 15.0. The van der Waals surface area contributed by atoms with Crippen LogP contribution in [0.2, 0.25) is 0 Å². The van der Waals surface area contributed by atoms with Crippen LogP contribution in [0.25, 0.3) is 10.1 Å². The zero-order chi connectivity index (χ0) is 18.7. The van der Waals surface area contributed by atoms with E-state index in [1.807, 2.05) is 24.9 Å². The fraction of sp³-hybridized carbons (Fsp3) is 0.550. The third kappa shape index (κ3) is 4.01. The van der Waals surface area contributed by atoms with Gasteiger partial charge in [-0.2, -0.15) is 0 Å². The maximum absolute atomic E-state index is 13.4. The number of rotatable bonds is 6. The van der Waals surface area contributed by atoms with Crippen LogP contribution in [0.4, 0.5) is 10.1 Å². The van der Waals surface area contributed by atoms with Gasteiger partial charge in [0.15, 0.2) is 0 Å². The lowest BCUT2D eigenvalue weighted by Crippen LogP contribution is -2.56. The molecular formula is C20H28FN3OS. The summed E-state index contributed by atoms with van der Waals surface area (Å²) in [7, 11) is 0. The van der Waals surface area contributed by atoms with Crippen LogP contribution in [-0.4, -0.2) is 48.6 Å². The fourth-order valence-corrected chi connectivity index (χ4v) is 4.40. The van der Waals surface area contributed by atoms with Crippen molar-refractivity contribution in [2.24, 2.45) is 5.92 Å². The molecule has 6 heteroatoms. The first kappa shape index (κ1) is 19.1. The Kier molecular flexibility index (Phi) is 6.14. The summed E-state index contributed by atoms with van der Waals surface area (Å²) in [5, 5.41) is 7.41. The van der Waals surface area contributed by atoms with E-state index < -0.39 is 0 Å². The summed E-state index contributed by atoms with van der Waals surface area (Å²) in [5.74, 6) is 0.0402. The second-order valence-electron chi connectivity index (χ2n) is 7.17. The monoisotopic (exact) mass is 377 g/mol. The normalized spacial score (nSPS) is 15.8. The van der Waals surface area contributed by atoms with Gasteiger partial charge in [-0.3, -0.25) is 9.80 Å². The van der Waals surface area contributed by atoms with Crippen molar-refractivity contribution in [3.05, 3.63) is 29.4 Å². The van der Waals surface area contributed by atoms with Gasteiger partial charge in [-0.15, -0.1) is 11.3 Å². The fourth-order valence-electron chi connectivity index (χ4n) is 3.41. The van der Waals surface area contributed by atoms with Gasteiger partial charge in [0, 0.05) is 54.1 Å². The molecule has 0 aliphatic carbocycles. The molecule has 3 rings (SSSR count). The second kappa shape index (κ2) is 8.35. The average molecular weight is 378 g/mol. The summed E-state index contributed by atoms with van der Waals surface area (Å²) in [5.41, 5.74) is 1.18. The molecule has 26 heavy (non-hydrogen) atoms. The van der Waals surface area contributed by atoms with Gasteiger partial charge >= 0.3 is 0 Å². The van der Waals surface area contributed by atoms with E-state index in [1.54, 1.807) is 17.4 Å². The summed E-state index contributed by atoms with van der Waals surface area (Å²) < 4.78 is 14.4. The lowest BCUT2D eigenvalue weighted by Gasteiger charge is -2.42. The maximum Gasteiger partial charge on any atom is 0.239 e. The minimum absolute atomic E-state index is 0.0144. The van der Waals surface area contributed by atoms with Gasteiger partial charge in [0.1, 0.15) is 5.82 Å². The van der Waals surface area contributed by atoms with Crippen molar-refractivity contribution in [2.75, 3.05) is 37.6 Å². The van der Waals surface area contributed by atoms with E-state index in [1.165, 1.54) is 11.8 Å². The van der Waals surface area contributed by atoms with Crippen molar-refractivity contribution in [3.8, 4) is 0 Å². The quantitative estimate of drug-likeness (QED) is 0.748. The van der Waals surface area contributed by atoms with Crippen LogP contribution in [0.3, 0.4) is 0 Å². The number of carbonyl (C=O) groups is 1. The van der Waals surface area contributed by atoms with E-state index in [-0.39, 0.29) is 17.6 Å². The lowest BCUT2D eigenvalue weighted by atomic mass is 10.2. The number of piperazine rings is 1. The molecule has 1 saturated heterocycles. The molecule has 1 aromatic carbocycles. The minimum atomic E-state index is -0.186. The number of fused-ring (bicyclic) bond motifs is 1. The highest BCUT2D eigenvalue weighted by Crippen LogP contribution is 2.34. The molecule has 1 aromatic heterocycles. The maximum atomic E-state index is 13.4. The number of hydrogen-bond donors (Lipinski definition) is 0. The first-order valence-corrected chi connectivity index (χ1v) is 10.4. The molecule has 2 aromatic rings. The van der Waals surface area contributed by atoms with E-state index in [0.29, 0.717) is 0 Å². The van der Waals surface area contributed by atoms with Gasteiger partial charge in [0.25, 0.3) is 0 Å². The largest absolute Gasteiger partial charge is 0.368 e. The Balaban J connectivity index is 1.69. The molecule has 1 fully saturated rings. The van der Waals surface area contributed by atoms with Crippen LogP contribution in [-0.2, 0) is 4.79 Å². The van der Waals surface area contributed by atoms with Gasteiger partial charge in [-0.1, -0.05) is 27.2 Å². The smallest absolute Gasteiger partial charge is 0.239 e. The number of unbranched alkanes of at least 4 members (excludes halogenated alkanes) is 1. The number of carbonyl (C=O) groups excluding carboxylic acids is 1. The Hall–Kier alpha value is -1.66. The summed E-state index contributed by atoms with van der Waals surface area (Å²) >= 11 is 1.59. The first-order chi connectivity index (χ1) is 12.5. The molecule has 0 bridgehead atoms. The highest BCUT2D eigenvalue weighted by Gasteiger charge is 2.27. The Morgan fingerprint density at radius 2 is 2.00 bits per heavy atom. The molecule has 0 spiro atoms. The van der Waals surface area contributed by atoms with Gasteiger partial charge in [-0.25, -0.2) is 9.40 Å². The molecule has 1 aliphatic heterocycles.